The number of ether oxygens (including phenoxy) is 1. The van der Waals surface area contributed by atoms with Gasteiger partial charge in [-0.15, -0.1) is 11.3 Å². The molecule has 0 radical (unpaired) electrons. The number of aryl methyl sites for hydroxylation is 1. The van der Waals surface area contributed by atoms with Gasteiger partial charge in [0, 0.05) is 43.2 Å². The fraction of sp³-hybridized carbons (Fsp3) is 0.368. The normalized spacial score (nSPS) is 15.6. The van der Waals surface area contributed by atoms with Crippen molar-refractivity contribution in [1.29, 1.82) is 0 Å². The summed E-state index contributed by atoms with van der Waals surface area (Å²) in [5, 5.41) is 1.13. The summed E-state index contributed by atoms with van der Waals surface area (Å²) in [5.74, 6) is 1.53. The Morgan fingerprint density at radius 2 is 1.96 bits per heavy atom. The Hall–Kier alpha value is -2.25. The SMILES string of the molecule is COc1ccc(F)cc1CN1CCN(c2ncnc3sc(C)cc23)CC1. The van der Waals surface area contributed by atoms with Gasteiger partial charge in [0.2, 0.25) is 0 Å². The third-order valence-corrected chi connectivity index (χ3v) is 5.70. The molecule has 0 N–H and O–H groups in total. The van der Waals surface area contributed by atoms with Gasteiger partial charge in [-0.2, -0.15) is 0 Å². The molecule has 0 saturated carbocycles. The Balaban J connectivity index is 1.47. The van der Waals surface area contributed by atoms with Gasteiger partial charge in [-0.1, -0.05) is 0 Å². The van der Waals surface area contributed by atoms with Crippen molar-refractivity contribution < 1.29 is 9.13 Å². The number of aromatic nitrogens is 2. The largest absolute Gasteiger partial charge is 0.496 e. The number of rotatable bonds is 4. The van der Waals surface area contributed by atoms with Crippen LogP contribution in [0.4, 0.5) is 10.2 Å². The molecule has 0 spiro atoms. The molecule has 4 rings (SSSR count). The Labute approximate surface area is 156 Å². The van der Waals surface area contributed by atoms with Gasteiger partial charge in [-0.25, -0.2) is 14.4 Å². The second-order valence-electron chi connectivity index (χ2n) is 6.49. The van der Waals surface area contributed by atoms with Crippen molar-refractivity contribution in [2.45, 2.75) is 13.5 Å². The van der Waals surface area contributed by atoms with Crippen LogP contribution in [0, 0.1) is 12.7 Å². The molecule has 3 aromatic rings. The van der Waals surface area contributed by atoms with E-state index in [9.17, 15) is 4.39 Å². The predicted octanol–water partition coefficient (Wildman–Crippen LogP) is 3.47. The number of benzene rings is 1. The lowest BCUT2D eigenvalue weighted by Gasteiger charge is -2.35. The van der Waals surface area contributed by atoms with E-state index in [1.807, 2.05) is 0 Å². The molecule has 1 fully saturated rings. The molecule has 5 nitrogen and oxygen atoms in total. The first kappa shape index (κ1) is 17.2. The molecule has 0 amide bonds. The summed E-state index contributed by atoms with van der Waals surface area (Å²) in [6.45, 7) is 6.35. The fourth-order valence-corrected chi connectivity index (χ4v) is 4.29. The predicted molar refractivity (Wildman–Crippen MR) is 103 cm³/mol. The Kier molecular flexibility index (Phi) is 4.74. The summed E-state index contributed by atoms with van der Waals surface area (Å²) in [5.41, 5.74) is 0.888. The van der Waals surface area contributed by atoms with Crippen LogP contribution in [0.3, 0.4) is 0 Å². The van der Waals surface area contributed by atoms with Gasteiger partial charge in [0.25, 0.3) is 0 Å². The summed E-state index contributed by atoms with van der Waals surface area (Å²) in [6, 6.07) is 6.85. The highest BCUT2D eigenvalue weighted by Crippen LogP contribution is 2.30. The highest BCUT2D eigenvalue weighted by Gasteiger charge is 2.21. The first-order chi connectivity index (χ1) is 12.6. The molecule has 0 atom stereocenters. The summed E-state index contributed by atoms with van der Waals surface area (Å²) in [4.78, 5) is 15.8. The number of hydrogen-bond donors (Lipinski definition) is 0. The molecule has 3 heterocycles. The minimum atomic E-state index is -0.226. The topological polar surface area (TPSA) is 41.5 Å². The van der Waals surface area contributed by atoms with E-state index in [0.29, 0.717) is 6.54 Å². The zero-order chi connectivity index (χ0) is 18.1. The average molecular weight is 372 g/mol. The van der Waals surface area contributed by atoms with Crippen molar-refractivity contribution in [2.75, 3.05) is 38.2 Å². The van der Waals surface area contributed by atoms with Crippen LogP contribution in [0.5, 0.6) is 5.75 Å². The summed E-state index contributed by atoms with van der Waals surface area (Å²) in [6.07, 6.45) is 1.65. The smallest absolute Gasteiger partial charge is 0.140 e. The van der Waals surface area contributed by atoms with Crippen LogP contribution < -0.4 is 9.64 Å². The number of hydrogen-bond acceptors (Lipinski definition) is 6. The second-order valence-corrected chi connectivity index (χ2v) is 7.73. The van der Waals surface area contributed by atoms with E-state index < -0.39 is 0 Å². The maximum Gasteiger partial charge on any atom is 0.140 e. The minimum absolute atomic E-state index is 0.226. The van der Waals surface area contributed by atoms with Crippen LogP contribution in [0.25, 0.3) is 10.2 Å². The molecule has 1 aliphatic rings. The molecule has 2 aromatic heterocycles. The monoisotopic (exact) mass is 372 g/mol. The molecule has 0 aliphatic carbocycles. The van der Waals surface area contributed by atoms with Gasteiger partial charge < -0.3 is 9.64 Å². The third-order valence-electron chi connectivity index (χ3n) is 4.74. The first-order valence-corrected chi connectivity index (χ1v) is 9.46. The fourth-order valence-electron chi connectivity index (χ4n) is 3.44. The van der Waals surface area contributed by atoms with Crippen molar-refractivity contribution in [2.24, 2.45) is 0 Å². The van der Waals surface area contributed by atoms with E-state index in [1.54, 1.807) is 36.9 Å². The summed E-state index contributed by atoms with van der Waals surface area (Å²) >= 11 is 1.70. The molecule has 0 bridgehead atoms. The molecule has 1 aliphatic heterocycles. The Bertz CT molecular complexity index is 921. The van der Waals surface area contributed by atoms with Crippen LogP contribution in [0.1, 0.15) is 10.4 Å². The number of fused-ring (bicyclic) bond motifs is 1. The molecule has 1 saturated heterocycles. The second kappa shape index (κ2) is 7.17. The van der Waals surface area contributed by atoms with Crippen LogP contribution in [0.2, 0.25) is 0 Å². The van der Waals surface area contributed by atoms with E-state index in [1.165, 1.54) is 10.9 Å². The van der Waals surface area contributed by atoms with Gasteiger partial charge in [0.15, 0.2) is 0 Å². The molecule has 1 aromatic carbocycles. The molecular weight excluding hydrogens is 351 g/mol. The van der Waals surface area contributed by atoms with E-state index in [-0.39, 0.29) is 5.82 Å². The number of halogens is 1. The summed E-state index contributed by atoms with van der Waals surface area (Å²) < 4.78 is 18.9. The van der Waals surface area contributed by atoms with Gasteiger partial charge in [0.05, 0.1) is 12.5 Å². The lowest BCUT2D eigenvalue weighted by molar-refractivity contribution is 0.245. The van der Waals surface area contributed by atoms with Crippen molar-refractivity contribution in [3.05, 3.63) is 46.9 Å². The average Bonchev–Trinajstić information content (AvgIpc) is 3.03. The maximum atomic E-state index is 13.6. The van der Waals surface area contributed by atoms with Crippen molar-refractivity contribution >= 4 is 27.4 Å². The number of nitrogens with zero attached hydrogens (tertiary/aromatic N) is 4. The molecule has 7 heteroatoms. The molecule has 0 unspecified atom stereocenters. The van der Waals surface area contributed by atoms with Crippen molar-refractivity contribution in [1.82, 2.24) is 14.9 Å². The standard InChI is InChI=1S/C19H21FN4OS/c1-13-9-16-18(21-12-22-19(16)26-13)24-7-5-23(6-8-24)11-14-10-15(20)3-4-17(14)25-2/h3-4,9-10,12H,5-8,11H2,1-2H3. The van der Waals surface area contributed by atoms with E-state index >= 15 is 0 Å². The minimum Gasteiger partial charge on any atom is -0.496 e. The van der Waals surface area contributed by atoms with E-state index in [2.05, 4.69) is 32.8 Å². The highest BCUT2D eigenvalue weighted by atomic mass is 32.1. The molecule has 136 valence electrons. The lowest BCUT2D eigenvalue weighted by atomic mass is 10.1. The van der Waals surface area contributed by atoms with E-state index in [4.69, 9.17) is 4.74 Å². The van der Waals surface area contributed by atoms with Crippen LogP contribution in [-0.4, -0.2) is 48.2 Å². The van der Waals surface area contributed by atoms with Gasteiger partial charge in [-0.3, -0.25) is 4.90 Å². The molecule has 26 heavy (non-hydrogen) atoms. The highest BCUT2D eigenvalue weighted by molar-refractivity contribution is 7.18. The number of methoxy groups -OCH3 is 1. The summed E-state index contributed by atoms with van der Waals surface area (Å²) in [7, 11) is 1.62. The van der Waals surface area contributed by atoms with Crippen LogP contribution >= 0.6 is 11.3 Å². The van der Waals surface area contributed by atoms with Crippen molar-refractivity contribution in [3.8, 4) is 5.75 Å². The quantitative estimate of drug-likeness (QED) is 0.701. The lowest BCUT2D eigenvalue weighted by Crippen LogP contribution is -2.46. The number of thiophene rings is 1. The van der Waals surface area contributed by atoms with Crippen molar-refractivity contribution in [3.63, 3.8) is 0 Å². The van der Waals surface area contributed by atoms with Crippen LogP contribution in [-0.2, 0) is 6.54 Å². The molecular formula is C19H21FN4OS. The zero-order valence-corrected chi connectivity index (χ0v) is 15.7. The first-order valence-electron chi connectivity index (χ1n) is 8.65. The Morgan fingerprint density at radius 1 is 1.15 bits per heavy atom. The number of piperazine rings is 1. The maximum absolute atomic E-state index is 13.6. The Morgan fingerprint density at radius 3 is 2.73 bits per heavy atom. The third kappa shape index (κ3) is 3.37. The van der Waals surface area contributed by atoms with Crippen LogP contribution in [0.15, 0.2) is 30.6 Å². The van der Waals surface area contributed by atoms with Gasteiger partial charge >= 0.3 is 0 Å². The van der Waals surface area contributed by atoms with Gasteiger partial charge in [0.1, 0.15) is 28.5 Å². The zero-order valence-electron chi connectivity index (χ0n) is 14.9. The van der Waals surface area contributed by atoms with Gasteiger partial charge in [-0.05, 0) is 31.2 Å². The van der Waals surface area contributed by atoms with E-state index in [0.717, 1.165) is 53.5 Å². The number of anilines is 1.